The van der Waals surface area contributed by atoms with Crippen LogP contribution >= 0.6 is 12.4 Å². The van der Waals surface area contributed by atoms with Crippen molar-refractivity contribution < 1.29 is 4.79 Å². The molecule has 1 aliphatic carbocycles. The smallest absolute Gasteiger partial charge is 0.254 e. The van der Waals surface area contributed by atoms with Crippen LogP contribution in [-0.2, 0) is 12.8 Å². The number of likely N-dealkylation sites (tertiary alicyclic amines) is 1. The van der Waals surface area contributed by atoms with Crippen molar-refractivity contribution in [1.29, 1.82) is 0 Å². The van der Waals surface area contributed by atoms with Gasteiger partial charge in [-0.3, -0.25) is 4.79 Å². The summed E-state index contributed by atoms with van der Waals surface area (Å²) in [5.41, 5.74) is 9.74. The molecule has 1 aliphatic heterocycles. The van der Waals surface area contributed by atoms with E-state index in [-0.39, 0.29) is 29.8 Å². The summed E-state index contributed by atoms with van der Waals surface area (Å²) in [4.78, 5) is 14.8. The van der Waals surface area contributed by atoms with Gasteiger partial charge in [0, 0.05) is 24.7 Å². The zero-order valence-electron chi connectivity index (χ0n) is 12.9. The third kappa shape index (κ3) is 2.95. The summed E-state index contributed by atoms with van der Waals surface area (Å²) >= 11 is 0. The maximum Gasteiger partial charge on any atom is 0.254 e. The summed E-state index contributed by atoms with van der Waals surface area (Å²) in [5.74, 6) is 0.198. The summed E-state index contributed by atoms with van der Waals surface area (Å²) in [6, 6.07) is 6.37. The number of carbonyl (C=O) groups is 1. The number of fused-ring (bicyclic) bond motifs is 1. The topological polar surface area (TPSA) is 46.3 Å². The largest absolute Gasteiger partial charge is 0.338 e. The molecule has 0 bridgehead atoms. The van der Waals surface area contributed by atoms with Crippen LogP contribution in [0.4, 0.5) is 0 Å². The highest BCUT2D eigenvalue weighted by molar-refractivity contribution is 5.96. The Morgan fingerprint density at radius 1 is 1.33 bits per heavy atom. The van der Waals surface area contributed by atoms with Gasteiger partial charge in [-0.1, -0.05) is 26.0 Å². The number of nitrogens with zero attached hydrogens (tertiary/aromatic N) is 1. The molecule has 3 nitrogen and oxygen atoms in total. The lowest BCUT2D eigenvalue weighted by molar-refractivity contribution is 0.0532. The van der Waals surface area contributed by atoms with E-state index in [4.69, 9.17) is 5.73 Å². The Kier molecular flexibility index (Phi) is 4.64. The van der Waals surface area contributed by atoms with Crippen molar-refractivity contribution in [3.05, 3.63) is 34.9 Å². The normalized spacial score (nSPS) is 23.4. The van der Waals surface area contributed by atoms with E-state index in [2.05, 4.69) is 19.9 Å². The van der Waals surface area contributed by atoms with Gasteiger partial charge in [0.25, 0.3) is 5.91 Å². The zero-order chi connectivity index (χ0) is 14.3. The Labute approximate surface area is 133 Å². The van der Waals surface area contributed by atoms with Crippen molar-refractivity contribution >= 4 is 18.3 Å². The second-order valence-corrected chi connectivity index (χ2v) is 6.91. The lowest BCUT2D eigenvalue weighted by Gasteiger charge is -2.42. The Morgan fingerprint density at radius 3 is 2.81 bits per heavy atom. The van der Waals surface area contributed by atoms with Crippen molar-refractivity contribution in [3.8, 4) is 0 Å². The minimum absolute atomic E-state index is 0. The quantitative estimate of drug-likeness (QED) is 0.867. The van der Waals surface area contributed by atoms with Gasteiger partial charge >= 0.3 is 0 Å². The standard InChI is InChI=1S/C17H24N2O.ClH/c1-17(2)11-19(10-9-15(17)18)16(20)14-8-4-6-12-5-3-7-13(12)14;/h4,6,8,15H,3,5,7,9-11,18H2,1-2H3;1H. The SMILES string of the molecule is CC1(C)CN(C(=O)c2cccc3c2CCC3)CCC1N.Cl. The molecule has 0 spiro atoms. The highest BCUT2D eigenvalue weighted by Gasteiger charge is 2.36. The maximum atomic E-state index is 12.8. The van der Waals surface area contributed by atoms with Gasteiger partial charge < -0.3 is 10.6 Å². The van der Waals surface area contributed by atoms with Crippen LogP contribution in [-0.4, -0.2) is 29.9 Å². The van der Waals surface area contributed by atoms with E-state index in [0.29, 0.717) is 0 Å². The van der Waals surface area contributed by atoms with Gasteiger partial charge in [0.15, 0.2) is 0 Å². The fourth-order valence-electron chi connectivity index (χ4n) is 3.54. The van der Waals surface area contributed by atoms with Crippen molar-refractivity contribution in [2.75, 3.05) is 13.1 Å². The van der Waals surface area contributed by atoms with E-state index < -0.39 is 0 Å². The lowest BCUT2D eigenvalue weighted by atomic mass is 9.79. The highest BCUT2D eigenvalue weighted by atomic mass is 35.5. The van der Waals surface area contributed by atoms with E-state index in [1.54, 1.807) is 0 Å². The molecule has 0 aromatic heterocycles. The van der Waals surface area contributed by atoms with Crippen LogP contribution in [0.3, 0.4) is 0 Å². The maximum absolute atomic E-state index is 12.8. The number of hydrogen-bond donors (Lipinski definition) is 1. The van der Waals surface area contributed by atoms with Crippen LogP contribution in [0.25, 0.3) is 0 Å². The molecule has 116 valence electrons. The first-order valence-corrected chi connectivity index (χ1v) is 7.65. The van der Waals surface area contributed by atoms with E-state index >= 15 is 0 Å². The molecular weight excluding hydrogens is 284 g/mol. The van der Waals surface area contributed by atoms with Crippen molar-refractivity contribution in [1.82, 2.24) is 4.90 Å². The van der Waals surface area contributed by atoms with Crippen LogP contribution in [0, 0.1) is 5.41 Å². The molecule has 1 aromatic rings. The number of rotatable bonds is 1. The van der Waals surface area contributed by atoms with Gasteiger partial charge in [-0.05, 0) is 48.3 Å². The summed E-state index contributed by atoms with van der Waals surface area (Å²) in [6.07, 6.45) is 4.24. The van der Waals surface area contributed by atoms with Gasteiger partial charge in [-0.2, -0.15) is 0 Å². The molecule has 1 amide bonds. The number of halogens is 1. The molecule has 0 radical (unpaired) electrons. The molecule has 2 aliphatic rings. The van der Waals surface area contributed by atoms with Crippen molar-refractivity contribution in [2.45, 2.75) is 45.6 Å². The van der Waals surface area contributed by atoms with Gasteiger partial charge in [-0.15, -0.1) is 12.4 Å². The number of carbonyl (C=O) groups excluding carboxylic acids is 1. The zero-order valence-corrected chi connectivity index (χ0v) is 13.7. The highest BCUT2D eigenvalue weighted by Crippen LogP contribution is 2.31. The van der Waals surface area contributed by atoms with E-state index in [1.165, 1.54) is 17.5 Å². The third-order valence-corrected chi connectivity index (χ3v) is 4.98. The first-order valence-electron chi connectivity index (χ1n) is 7.65. The second-order valence-electron chi connectivity index (χ2n) is 6.91. The number of benzene rings is 1. The molecule has 1 saturated heterocycles. The monoisotopic (exact) mass is 308 g/mol. The second kappa shape index (κ2) is 5.98. The molecule has 1 heterocycles. The van der Waals surface area contributed by atoms with Crippen molar-refractivity contribution in [3.63, 3.8) is 0 Å². The first kappa shape index (κ1) is 16.3. The minimum atomic E-state index is 0. The van der Waals surface area contributed by atoms with E-state index in [9.17, 15) is 4.79 Å². The number of hydrogen-bond acceptors (Lipinski definition) is 2. The van der Waals surface area contributed by atoms with Crippen LogP contribution in [0.5, 0.6) is 0 Å². The molecule has 1 fully saturated rings. The predicted molar refractivity (Wildman–Crippen MR) is 88.0 cm³/mol. The summed E-state index contributed by atoms with van der Waals surface area (Å²) in [7, 11) is 0. The van der Waals surface area contributed by atoms with Gasteiger partial charge in [0.1, 0.15) is 0 Å². The van der Waals surface area contributed by atoms with Gasteiger partial charge in [0.05, 0.1) is 0 Å². The number of amides is 1. The fraction of sp³-hybridized carbons (Fsp3) is 0.588. The predicted octanol–water partition coefficient (Wildman–Crippen LogP) is 2.80. The van der Waals surface area contributed by atoms with E-state index in [0.717, 1.165) is 37.9 Å². The summed E-state index contributed by atoms with van der Waals surface area (Å²) in [6.45, 7) is 5.86. The van der Waals surface area contributed by atoms with Gasteiger partial charge in [-0.25, -0.2) is 0 Å². The summed E-state index contributed by atoms with van der Waals surface area (Å²) < 4.78 is 0. The average Bonchev–Trinajstić information content (AvgIpc) is 2.89. The third-order valence-electron chi connectivity index (χ3n) is 4.98. The Hall–Kier alpha value is -1.06. The van der Waals surface area contributed by atoms with E-state index in [1.807, 2.05) is 17.0 Å². The summed E-state index contributed by atoms with van der Waals surface area (Å²) in [5, 5.41) is 0. The van der Waals surface area contributed by atoms with Crippen LogP contribution in [0.1, 0.15) is 48.2 Å². The number of aryl methyl sites for hydroxylation is 1. The van der Waals surface area contributed by atoms with Crippen molar-refractivity contribution in [2.24, 2.45) is 11.1 Å². The van der Waals surface area contributed by atoms with Crippen LogP contribution in [0.15, 0.2) is 18.2 Å². The molecule has 1 unspecified atom stereocenters. The Bertz CT molecular complexity index is 542. The van der Waals surface area contributed by atoms with Crippen LogP contribution < -0.4 is 5.73 Å². The molecule has 0 saturated carbocycles. The number of piperidine rings is 1. The Balaban J connectivity index is 0.00000161. The molecule has 4 heteroatoms. The number of nitrogens with two attached hydrogens (primary N) is 1. The first-order chi connectivity index (χ1) is 9.49. The molecule has 2 N–H and O–H groups in total. The molecule has 3 rings (SSSR count). The van der Waals surface area contributed by atoms with Crippen LogP contribution in [0.2, 0.25) is 0 Å². The lowest BCUT2D eigenvalue weighted by Crippen LogP contribution is -2.54. The molecule has 1 atom stereocenters. The molecule has 1 aromatic carbocycles. The minimum Gasteiger partial charge on any atom is -0.338 e. The average molecular weight is 309 g/mol. The molecule has 21 heavy (non-hydrogen) atoms. The Morgan fingerprint density at radius 2 is 2.10 bits per heavy atom. The molecular formula is C17H25ClN2O. The van der Waals surface area contributed by atoms with Gasteiger partial charge in [0.2, 0.25) is 0 Å². The fourth-order valence-corrected chi connectivity index (χ4v) is 3.54.